The van der Waals surface area contributed by atoms with Gasteiger partial charge in [0.15, 0.2) is 17.1 Å². The van der Waals surface area contributed by atoms with E-state index in [-0.39, 0.29) is 30.3 Å². The third-order valence-electron chi connectivity index (χ3n) is 2.80. The van der Waals surface area contributed by atoms with Crippen molar-refractivity contribution < 1.29 is 9.84 Å². The van der Waals surface area contributed by atoms with Crippen LogP contribution in [0.5, 0.6) is 5.75 Å². The van der Waals surface area contributed by atoms with E-state index in [4.69, 9.17) is 38.5 Å². The Balaban J connectivity index is 2.03. The van der Waals surface area contributed by atoms with Crippen LogP contribution in [0, 0.1) is 22.7 Å². The van der Waals surface area contributed by atoms with Crippen LogP contribution >= 0.6 is 23.2 Å². The Bertz CT molecular complexity index is 741. The van der Waals surface area contributed by atoms with Gasteiger partial charge in [-0.15, -0.1) is 0 Å². The highest BCUT2D eigenvalue weighted by atomic mass is 35.5. The Morgan fingerprint density at radius 2 is 1.95 bits per heavy atom. The Hall–Kier alpha value is -2.25. The summed E-state index contributed by atoms with van der Waals surface area (Å²) in [6, 6.07) is 8.62. The average molecular weight is 337 g/mol. The maximum Gasteiger partial charge on any atom is 0.176 e. The van der Waals surface area contributed by atoms with Gasteiger partial charge in [0, 0.05) is 0 Å². The summed E-state index contributed by atoms with van der Waals surface area (Å²) in [5.41, 5.74) is 0.113. The topological polar surface area (TPSA) is 94.9 Å². The molecule has 0 aliphatic rings. The molecule has 0 radical (unpaired) electrons. The van der Waals surface area contributed by atoms with Crippen molar-refractivity contribution in [2.24, 2.45) is 0 Å². The number of hydrogen-bond acceptors (Lipinski definition) is 5. The summed E-state index contributed by atoms with van der Waals surface area (Å²) in [5.74, 6) is 0.286. The smallest absolute Gasteiger partial charge is 0.176 e. The minimum Gasteiger partial charge on any atom is -0.488 e. The van der Waals surface area contributed by atoms with Gasteiger partial charge in [0.1, 0.15) is 24.8 Å². The third-order valence-corrected chi connectivity index (χ3v) is 3.39. The van der Waals surface area contributed by atoms with Crippen molar-refractivity contribution in [3.63, 3.8) is 0 Å². The zero-order valence-corrected chi connectivity index (χ0v) is 12.7. The Morgan fingerprint density at radius 3 is 2.55 bits per heavy atom. The van der Waals surface area contributed by atoms with Crippen LogP contribution in [0.4, 0.5) is 0 Å². The fourth-order valence-electron chi connectivity index (χ4n) is 1.80. The molecule has 0 amide bonds. The average Bonchev–Trinajstić information content (AvgIpc) is 2.88. The lowest BCUT2D eigenvalue weighted by molar-refractivity contribution is 0.0923. The molecular weight excluding hydrogens is 327 g/mol. The van der Waals surface area contributed by atoms with Crippen LogP contribution < -0.4 is 4.74 Å². The molecule has 6 nitrogen and oxygen atoms in total. The van der Waals surface area contributed by atoms with Gasteiger partial charge < -0.3 is 14.4 Å². The molecule has 1 unspecified atom stereocenters. The Morgan fingerprint density at radius 1 is 1.27 bits per heavy atom. The van der Waals surface area contributed by atoms with E-state index < -0.39 is 6.10 Å². The molecule has 0 saturated carbocycles. The molecule has 2 aromatic rings. The number of hydrogen-bond donors (Lipinski definition) is 1. The Kier molecular flexibility index (Phi) is 5.24. The summed E-state index contributed by atoms with van der Waals surface area (Å²) in [4.78, 5) is 3.79. The van der Waals surface area contributed by atoms with Crippen molar-refractivity contribution in [2.75, 3.05) is 6.61 Å². The van der Waals surface area contributed by atoms with Gasteiger partial charge in [-0.25, -0.2) is 4.98 Å². The molecule has 1 aromatic heterocycles. The number of aliphatic hydroxyl groups is 1. The molecule has 0 spiro atoms. The van der Waals surface area contributed by atoms with Gasteiger partial charge in [0.05, 0.1) is 22.9 Å². The highest BCUT2D eigenvalue weighted by Gasteiger charge is 2.15. The molecule has 8 heteroatoms. The summed E-state index contributed by atoms with van der Waals surface area (Å²) in [5, 5.41) is 28.5. The first-order valence-electron chi connectivity index (χ1n) is 6.17. The SMILES string of the molecule is N#Cc1ncn(CC(O)COc2c(Cl)cccc2Cl)c1C#N. The predicted octanol–water partition coefficient (Wildman–Crippen LogP) is 2.37. The molecular formula is C14H10Cl2N4O2. The minimum absolute atomic E-state index is 0.0183. The van der Waals surface area contributed by atoms with Gasteiger partial charge in [0.25, 0.3) is 0 Å². The lowest BCUT2D eigenvalue weighted by atomic mass is 10.3. The number of aromatic nitrogens is 2. The molecule has 1 N–H and O–H groups in total. The van der Waals surface area contributed by atoms with Crippen LogP contribution in [-0.2, 0) is 6.54 Å². The molecule has 0 aliphatic heterocycles. The fraction of sp³-hybridized carbons (Fsp3) is 0.214. The molecule has 22 heavy (non-hydrogen) atoms. The van der Waals surface area contributed by atoms with Gasteiger partial charge in [-0.1, -0.05) is 29.3 Å². The number of aliphatic hydroxyl groups excluding tert-OH is 1. The number of rotatable bonds is 5. The molecule has 1 atom stereocenters. The lowest BCUT2D eigenvalue weighted by Crippen LogP contribution is -2.24. The van der Waals surface area contributed by atoms with Crippen LogP contribution in [-0.4, -0.2) is 27.4 Å². The Labute approximate surface area is 136 Å². The second kappa shape index (κ2) is 7.15. The lowest BCUT2D eigenvalue weighted by Gasteiger charge is -2.15. The summed E-state index contributed by atoms with van der Waals surface area (Å²) in [6.07, 6.45) is 0.392. The standard InChI is InChI=1S/C14H10Cl2N4O2/c15-10-2-1-3-11(16)14(10)22-7-9(21)6-20-8-19-12(4-17)13(20)5-18/h1-3,8-9,21H,6-7H2. The maximum atomic E-state index is 10.00. The first-order valence-corrected chi connectivity index (χ1v) is 6.92. The van der Waals surface area contributed by atoms with Gasteiger partial charge in [-0.3, -0.25) is 0 Å². The normalized spacial score (nSPS) is 11.5. The molecule has 0 bridgehead atoms. The second-order valence-electron chi connectivity index (χ2n) is 4.33. The number of ether oxygens (including phenoxy) is 1. The van der Waals surface area contributed by atoms with Crippen LogP contribution in [0.2, 0.25) is 10.0 Å². The molecule has 112 valence electrons. The monoisotopic (exact) mass is 336 g/mol. The van der Waals surface area contributed by atoms with Crippen molar-refractivity contribution in [1.82, 2.24) is 9.55 Å². The number of halogens is 2. The molecule has 0 aliphatic carbocycles. The van der Waals surface area contributed by atoms with Crippen LogP contribution in [0.1, 0.15) is 11.4 Å². The zero-order valence-electron chi connectivity index (χ0n) is 11.2. The van der Waals surface area contributed by atoms with E-state index in [2.05, 4.69) is 4.98 Å². The van der Waals surface area contributed by atoms with E-state index in [1.54, 1.807) is 18.2 Å². The zero-order chi connectivity index (χ0) is 16.1. The summed E-state index contributed by atoms with van der Waals surface area (Å²) in [6.45, 7) is -0.0198. The van der Waals surface area contributed by atoms with Crippen LogP contribution in [0.25, 0.3) is 0 Å². The highest BCUT2D eigenvalue weighted by Crippen LogP contribution is 2.32. The predicted molar refractivity (Wildman–Crippen MR) is 79.6 cm³/mol. The van der Waals surface area contributed by atoms with Gasteiger partial charge in [-0.05, 0) is 12.1 Å². The van der Waals surface area contributed by atoms with E-state index >= 15 is 0 Å². The summed E-state index contributed by atoms with van der Waals surface area (Å²) in [7, 11) is 0. The molecule has 1 aromatic carbocycles. The first-order chi connectivity index (χ1) is 10.6. The summed E-state index contributed by atoms with van der Waals surface area (Å²) >= 11 is 11.9. The molecule has 0 fully saturated rings. The number of imidazole rings is 1. The fourth-order valence-corrected chi connectivity index (χ4v) is 2.31. The van der Waals surface area contributed by atoms with E-state index in [1.807, 2.05) is 12.1 Å². The van der Waals surface area contributed by atoms with E-state index in [1.165, 1.54) is 10.9 Å². The number of nitrogens with zero attached hydrogens (tertiary/aromatic N) is 4. The molecule has 2 rings (SSSR count). The molecule has 0 saturated heterocycles. The van der Waals surface area contributed by atoms with E-state index in [9.17, 15) is 5.11 Å². The third kappa shape index (κ3) is 3.49. The summed E-state index contributed by atoms with van der Waals surface area (Å²) < 4.78 is 6.80. The van der Waals surface area contributed by atoms with Gasteiger partial charge in [-0.2, -0.15) is 10.5 Å². The maximum absolute atomic E-state index is 10.00. The largest absolute Gasteiger partial charge is 0.488 e. The minimum atomic E-state index is -0.930. The van der Waals surface area contributed by atoms with Crippen molar-refractivity contribution in [2.45, 2.75) is 12.6 Å². The van der Waals surface area contributed by atoms with Crippen LogP contribution in [0.15, 0.2) is 24.5 Å². The van der Waals surface area contributed by atoms with Crippen molar-refractivity contribution >= 4 is 23.2 Å². The number of benzene rings is 1. The first kappa shape index (κ1) is 16.1. The van der Waals surface area contributed by atoms with Crippen molar-refractivity contribution in [3.8, 4) is 17.9 Å². The molecule has 1 heterocycles. The second-order valence-corrected chi connectivity index (χ2v) is 5.15. The quantitative estimate of drug-likeness (QED) is 0.904. The number of nitriles is 2. The van der Waals surface area contributed by atoms with Crippen LogP contribution in [0.3, 0.4) is 0 Å². The van der Waals surface area contributed by atoms with Gasteiger partial charge >= 0.3 is 0 Å². The van der Waals surface area contributed by atoms with Gasteiger partial charge in [0.2, 0.25) is 0 Å². The van der Waals surface area contributed by atoms with Crippen molar-refractivity contribution in [3.05, 3.63) is 46.0 Å². The van der Waals surface area contributed by atoms with E-state index in [0.29, 0.717) is 10.0 Å². The van der Waals surface area contributed by atoms with E-state index in [0.717, 1.165) is 0 Å². The van der Waals surface area contributed by atoms with Crippen molar-refractivity contribution in [1.29, 1.82) is 10.5 Å². The number of para-hydroxylation sites is 1. The highest BCUT2D eigenvalue weighted by molar-refractivity contribution is 6.37.